The standard InChI is InChI=1S/C12H12ClN3O3/c1-7(8-5-14-6-8)12(17)15-11-4-9(16(18)19)2-3-10(11)13/h2-4,14H,5-6H2,1H3,(H,15,17). The van der Waals surface area contributed by atoms with Gasteiger partial charge in [0, 0.05) is 30.8 Å². The Bertz CT molecular complexity index is 578. The summed E-state index contributed by atoms with van der Waals surface area (Å²) in [5, 5.41) is 16.6. The third-order valence-electron chi connectivity index (χ3n) is 2.96. The van der Waals surface area contributed by atoms with Crippen molar-refractivity contribution in [3.63, 3.8) is 0 Å². The molecule has 0 unspecified atom stereocenters. The average Bonchev–Trinajstić information content (AvgIpc) is 2.29. The van der Waals surface area contributed by atoms with Gasteiger partial charge in [-0.05, 0) is 18.6 Å². The summed E-state index contributed by atoms with van der Waals surface area (Å²) >= 11 is 5.91. The van der Waals surface area contributed by atoms with E-state index < -0.39 is 4.92 Å². The van der Waals surface area contributed by atoms with Crippen molar-refractivity contribution < 1.29 is 9.72 Å². The van der Waals surface area contributed by atoms with Crippen molar-refractivity contribution in [3.8, 4) is 0 Å². The highest BCUT2D eigenvalue weighted by atomic mass is 35.5. The van der Waals surface area contributed by atoms with E-state index in [2.05, 4.69) is 10.6 Å². The van der Waals surface area contributed by atoms with Crippen molar-refractivity contribution in [2.75, 3.05) is 18.4 Å². The molecule has 2 N–H and O–H groups in total. The van der Waals surface area contributed by atoms with E-state index in [0.29, 0.717) is 18.7 Å². The Hall–Kier alpha value is -1.92. The predicted octanol–water partition coefficient (Wildman–Crippen LogP) is 2.11. The molecule has 0 spiro atoms. The van der Waals surface area contributed by atoms with Crippen molar-refractivity contribution in [2.45, 2.75) is 6.92 Å². The number of amides is 1. The molecule has 100 valence electrons. The van der Waals surface area contributed by atoms with Crippen LogP contribution >= 0.6 is 11.6 Å². The number of anilines is 1. The Morgan fingerprint density at radius 1 is 1.47 bits per heavy atom. The molecule has 0 bridgehead atoms. The Morgan fingerprint density at radius 3 is 2.68 bits per heavy atom. The lowest BCUT2D eigenvalue weighted by Crippen LogP contribution is -2.36. The average molecular weight is 282 g/mol. The number of nitrogens with zero attached hydrogens (tertiary/aromatic N) is 1. The number of carbonyl (C=O) groups is 1. The van der Waals surface area contributed by atoms with Crippen molar-refractivity contribution in [1.29, 1.82) is 0 Å². The number of halogens is 1. The zero-order valence-electron chi connectivity index (χ0n) is 10.2. The summed E-state index contributed by atoms with van der Waals surface area (Å²) in [5.74, 6) is -0.293. The number of benzene rings is 1. The smallest absolute Gasteiger partial charge is 0.271 e. The molecular weight excluding hydrogens is 270 g/mol. The minimum atomic E-state index is -0.535. The molecule has 1 fully saturated rings. The van der Waals surface area contributed by atoms with Gasteiger partial charge in [-0.3, -0.25) is 14.9 Å². The summed E-state index contributed by atoms with van der Waals surface area (Å²) < 4.78 is 0. The SMILES string of the molecule is CC(C(=O)Nc1cc([N+](=O)[O-])ccc1Cl)=C1CNC1. The first kappa shape index (κ1) is 13.5. The first-order valence-corrected chi connectivity index (χ1v) is 6.01. The normalized spacial score (nSPS) is 13.7. The van der Waals surface area contributed by atoms with Crippen molar-refractivity contribution in [3.05, 3.63) is 44.5 Å². The number of hydrogen-bond acceptors (Lipinski definition) is 4. The van der Waals surface area contributed by atoms with E-state index in [4.69, 9.17) is 11.6 Å². The highest BCUT2D eigenvalue weighted by molar-refractivity contribution is 6.34. The van der Waals surface area contributed by atoms with Crippen molar-refractivity contribution in [2.24, 2.45) is 0 Å². The number of nitrogens with one attached hydrogen (secondary N) is 2. The molecule has 2 rings (SSSR count). The number of hydrogen-bond donors (Lipinski definition) is 2. The van der Waals surface area contributed by atoms with E-state index in [1.54, 1.807) is 6.92 Å². The molecule has 19 heavy (non-hydrogen) atoms. The van der Waals surface area contributed by atoms with E-state index in [0.717, 1.165) is 5.57 Å². The monoisotopic (exact) mass is 281 g/mol. The summed E-state index contributed by atoms with van der Waals surface area (Å²) in [6.45, 7) is 3.11. The third-order valence-corrected chi connectivity index (χ3v) is 3.29. The van der Waals surface area contributed by atoms with Crippen LogP contribution in [-0.4, -0.2) is 23.9 Å². The molecule has 1 aromatic carbocycles. The van der Waals surface area contributed by atoms with Crippen molar-refractivity contribution in [1.82, 2.24) is 5.32 Å². The molecule has 0 atom stereocenters. The second-order valence-corrected chi connectivity index (χ2v) is 4.61. The maximum Gasteiger partial charge on any atom is 0.271 e. The quantitative estimate of drug-likeness (QED) is 0.505. The number of nitro benzene ring substituents is 1. The Morgan fingerprint density at radius 2 is 2.16 bits per heavy atom. The minimum Gasteiger partial charge on any atom is -0.321 e. The third kappa shape index (κ3) is 2.91. The van der Waals surface area contributed by atoms with E-state index >= 15 is 0 Å². The molecule has 0 aliphatic carbocycles. The highest BCUT2D eigenvalue weighted by Gasteiger charge is 2.18. The lowest BCUT2D eigenvalue weighted by Gasteiger charge is -2.21. The second-order valence-electron chi connectivity index (χ2n) is 4.21. The van der Waals surface area contributed by atoms with Gasteiger partial charge in [0.15, 0.2) is 0 Å². The van der Waals surface area contributed by atoms with Gasteiger partial charge in [0.25, 0.3) is 11.6 Å². The number of nitro groups is 1. The van der Waals surface area contributed by atoms with Gasteiger partial charge in [-0.1, -0.05) is 11.6 Å². The molecule has 1 aromatic rings. The Kier molecular flexibility index (Phi) is 3.82. The molecule has 1 amide bonds. The van der Waals surface area contributed by atoms with Gasteiger partial charge in [-0.15, -0.1) is 0 Å². The van der Waals surface area contributed by atoms with Gasteiger partial charge >= 0.3 is 0 Å². The fourth-order valence-corrected chi connectivity index (χ4v) is 1.78. The van der Waals surface area contributed by atoms with Crippen LogP contribution in [0.15, 0.2) is 29.3 Å². The summed E-state index contributed by atoms with van der Waals surface area (Å²) in [5.41, 5.74) is 1.77. The van der Waals surface area contributed by atoms with Gasteiger partial charge in [-0.2, -0.15) is 0 Å². The molecule has 0 saturated carbocycles. The van der Waals surface area contributed by atoms with E-state index in [9.17, 15) is 14.9 Å². The van der Waals surface area contributed by atoms with Crippen LogP contribution in [0.1, 0.15) is 6.92 Å². The molecule has 0 radical (unpaired) electrons. The summed E-state index contributed by atoms with van der Waals surface area (Å²) in [7, 11) is 0. The molecule has 1 heterocycles. The topological polar surface area (TPSA) is 84.3 Å². The molecule has 7 heteroatoms. The van der Waals surface area contributed by atoms with E-state index in [-0.39, 0.29) is 22.3 Å². The fraction of sp³-hybridized carbons (Fsp3) is 0.250. The van der Waals surface area contributed by atoms with Gasteiger partial charge < -0.3 is 10.6 Å². The maximum atomic E-state index is 12.0. The maximum absolute atomic E-state index is 12.0. The van der Waals surface area contributed by atoms with Crippen molar-refractivity contribution >= 4 is 28.9 Å². The summed E-state index contributed by atoms with van der Waals surface area (Å²) in [6, 6.07) is 3.93. The summed E-state index contributed by atoms with van der Waals surface area (Å²) in [4.78, 5) is 22.1. The second kappa shape index (κ2) is 5.38. The number of rotatable bonds is 3. The van der Waals surface area contributed by atoms with E-state index in [1.165, 1.54) is 18.2 Å². The number of non-ortho nitro benzene ring substituents is 1. The van der Waals surface area contributed by atoms with Crippen LogP contribution in [0.25, 0.3) is 0 Å². The van der Waals surface area contributed by atoms with Gasteiger partial charge in [0.1, 0.15) is 0 Å². The molecule has 1 aliphatic heterocycles. The summed E-state index contributed by atoms with van der Waals surface area (Å²) in [6.07, 6.45) is 0. The van der Waals surface area contributed by atoms with Gasteiger partial charge in [-0.25, -0.2) is 0 Å². The van der Waals surface area contributed by atoms with Gasteiger partial charge in [0.05, 0.1) is 15.6 Å². The molecule has 0 aromatic heterocycles. The lowest BCUT2D eigenvalue weighted by atomic mass is 10.0. The first-order chi connectivity index (χ1) is 8.99. The van der Waals surface area contributed by atoms with Crippen LogP contribution < -0.4 is 10.6 Å². The minimum absolute atomic E-state index is 0.115. The zero-order chi connectivity index (χ0) is 14.0. The largest absolute Gasteiger partial charge is 0.321 e. The molecule has 1 aliphatic rings. The Balaban J connectivity index is 2.21. The van der Waals surface area contributed by atoms with Crippen LogP contribution in [0.2, 0.25) is 5.02 Å². The predicted molar refractivity (Wildman–Crippen MR) is 72.3 cm³/mol. The Labute approximate surface area is 114 Å². The number of carbonyl (C=O) groups excluding carboxylic acids is 1. The lowest BCUT2D eigenvalue weighted by molar-refractivity contribution is -0.384. The van der Waals surface area contributed by atoms with Crippen LogP contribution in [-0.2, 0) is 4.79 Å². The van der Waals surface area contributed by atoms with Crippen LogP contribution in [0, 0.1) is 10.1 Å². The van der Waals surface area contributed by atoms with Crippen LogP contribution in [0.5, 0.6) is 0 Å². The zero-order valence-corrected chi connectivity index (χ0v) is 11.0. The van der Waals surface area contributed by atoms with Crippen LogP contribution in [0.3, 0.4) is 0 Å². The van der Waals surface area contributed by atoms with Gasteiger partial charge in [0.2, 0.25) is 0 Å². The molecule has 6 nitrogen and oxygen atoms in total. The first-order valence-electron chi connectivity index (χ1n) is 5.63. The highest BCUT2D eigenvalue weighted by Crippen LogP contribution is 2.27. The van der Waals surface area contributed by atoms with E-state index in [1.807, 2.05) is 0 Å². The molecule has 1 saturated heterocycles. The molecular formula is C12H12ClN3O3. The van der Waals surface area contributed by atoms with Crippen LogP contribution in [0.4, 0.5) is 11.4 Å². The fourth-order valence-electron chi connectivity index (χ4n) is 1.61.